The van der Waals surface area contributed by atoms with Gasteiger partial charge in [0, 0.05) is 29.5 Å². The molecule has 2 saturated carbocycles. The predicted molar refractivity (Wildman–Crippen MR) is 191 cm³/mol. The fraction of sp³-hybridized carbons (Fsp3) is 0.590. The Morgan fingerprint density at radius 3 is 1.54 bits per heavy atom. The number of imidazole rings is 2. The molecule has 260 valence electrons. The maximum atomic E-state index is 12.0. The van der Waals surface area contributed by atoms with Crippen LogP contribution in [0, 0.1) is 11.8 Å². The fourth-order valence-corrected chi connectivity index (χ4v) is 7.46. The van der Waals surface area contributed by atoms with Crippen molar-refractivity contribution in [1.29, 1.82) is 0 Å². The van der Waals surface area contributed by atoms with Gasteiger partial charge in [-0.1, -0.05) is 80.1 Å². The number of carbonyl (C=O) groups is 2. The zero-order valence-corrected chi connectivity index (χ0v) is 30.1. The van der Waals surface area contributed by atoms with E-state index in [0.717, 1.165) is 52.7 Å². The molecule has 2 heterocycles. The number of amides is 1. The van der Waals surface area contributed by atoms with E-state index in [0.29, 0.717) is 17.0 Å². The summed E-state index contributed by atoms with van der Waals surface area (Å²) in [7, 11) is 1.44. The van der Waals surface area contributed by atoms with E-state index < -0.39 is 5.97 Å². The van der Waals surface area contributed by atoms with Gasteiger partial charge in [-0.15, -0.1) is 0 Å². The molecule has 1 amide bonds. The Bertz CT molecular complexity index is 1730. The summed E-state index contributed by atoms with van der Waals surface area (Å²) < 4.78 is 4.71. The molecule has 0 atom stereocenters. The summed E-state index contributed by atoms with van der Waals surface area (Å²) in [6.07, 6.45) is 13.2. The van der Waals surface area contributed by atoms with E-state index in [2.05, 4.69) is 56.2 Å². The SMILES string of the molecule is CC(C)(C)c1nc2cc(C(=O)O)ccc2n1CC1CCCCC1.CONC(=O)c1ccc2c(c1)nc(C(C)(C)C)n2CC1CCCCC1. The Morgan fingerprint density at radius 1 is 0.729 bits per heavy atom. The number of carboxylic acid groups (broad SMARTS) is 1. The van der Waals surface area contributed by atoms with Gasteiger partial charge in [-0.25, -0.2) is 20.2 Å². The number of carboxylic acids is 1. The Hall–Kier alpha value is -3.72. The average Bonchev–Trinajstić information content (AvgIpc) is 3.60. The molecule has 48 heavy (non-hydrogen) atoms. The maximum absolute atomic E-state index is 12.0. The molecule has 0 bridgehead atoms. The second-order valence-electron chi connectivity index (χ2n) is 15.9. The number of rotatable bonds is 7. The van der Waals surface area contributed by atoms with E-state index >= 15 is 0 Å². The van der Waals surface area contributed by atoms with Gasteiger partial charge in [0.2, 0.25) is 0 Å². The Morgan fingerprint density at radius 2 is 1.15 bits per heavy atom. The van der Waals surface area contributed by atoms with Gasteiger partial charge < -0.3 is 14.2 Å². The van der Waals surface area contributed by atoms with Crippen LogP contribution in [0.5, 0.6) is 0 Å². The molecule has 6 rings (SSSR count). The summed E-state index contributed by atoms with van der Waals surface area (Å²) in [6.45, 7) is 15.1. The monoisotopic (exact) mass is 657 g/mol. The number of fused-ring (bicyclic) bond motifs is 2. The van der Waals surface area contributed by atoms with Crippen LogP contribution in [0.25, 0.3) is 22.1 Å². The average molecular weight is 658 g/mol. The molecule has 0 aliphatic heterocycles. The quantitative estimate of drug-likeness (QED) is 0.192. The van der Waals surface area contributed by atoms with Gasteiger partial charge in [0.25, 0.3) is 5.91 Å². The summed E-state index contributed by atoms with van der Waals surface area (Å²) in [5.41, 5.74) is 7.00. The summed E-state index contributed by atoms with van der Waals surface area (Å²) in [6, 6.07) is 11.0. The van der Waals surface area contributed by atoms with Crippen molar-refractivity contribution in [2.24, 2.45) is 11.8 Å². The normalized spacial score (nSPS) is 16.6. The first-order valence-electron chi connectivity index (χ1n) is 17.8. The van der Waals surface area contributed by atoms with Gasteiger partial charge in [-0.05, 0) is 73.9 Å². The molecule has 2 aliphatic carbocycles. The highest BCUT2D eigenvalue weighted by Gasteiger charge is 2.27. The molecule has 2 aliphatic rings. The van der Waals surface area contributed by atoms with E-state index in [1.54, 1.807) is 12.1 Å². The third-order valence-electron chi connectivity index (χ3n) is 9.87. The van der Waals surface area contributed by atoms with Crippen LogP contribution in [0.4, 0.5) is 0 Å². The highest BCUT2D eigenvalue weighted by molar-refractivity contribution is 5.97. The van der Waals surface area contributed by atoms with Crippen molar-refractivity contribution in [3.05, 3.63) is 59.2 Å². The van der Waals surface area contributed by atoms with Crippen molar-refractivity contribution in [2.45, 2.75) is 130 Å². The Labute approximate surface area is 285 Å². The van der Waals surface area contributed by atoms with Crippen molar-refractivity contribution in [3.8, 4) is 0 Å². The number of aromatic carboxylic acids is 1. The standard InChI is InChI=1S/C20H29N3O2.C19H26N2O2/c1-20(2,3)19-21-16-12-15(18(24)22-25-4)10-11-17(16)23(19)13-14-8-6-5-7-9-14;1-19(2,3)18-20-15-11-14(17(22)23)9-10-16(15)21(18)12-13-7-5-4-6-8-13/h10-12,14H,5-9,13H2,1-4H3,(H,22,24);9-11,13H,4-8,12H2,1-3H3,(H,22,23). The summed E-state index contributed by atoms with van der Waals surface area (Å²) >= 11 is 0. The largest absolute Gasteiger partial charge is 0.478 e. The van der Waals surface area contributed by atoms with Gasteiger partial charge in [0.15, 0.2) is 0 Å². The maximum Gasteiger partial charge on any atom is 0.335 e. The molecular weight excluding hydrogens is 602 g/mol. The number of aromatic nitrogens is 4. The molecule has 0 spiro atoms. The van der Waals surface area contributed by atoms with Crippen molar-refractivity contribution >= 4 is 33.9 Å². The summed E-state index contributed by atoms with van der Waals surface area (Å²) in [4.78, 5) is 37.7. The lowest BCUT2D eigenvalue weighted by Gasteiger charge is -2.26. The van der Waals surface area contributed by atoms with Gasteiger partial charge in [0.1, 0.15) is 11.6 Å². The van der Waals surface area contributed by atoms with Crippen molar-refractivity contribution in [2.75, 3.05) is 7.11 Å². The minimum absolute atomic E-state index is 0.0390. The number of nitrogens with one attached hydrogen (secondary N) is 1. The smallest absolute Gasteiger partial charge is 0.335 e. The van der Waals surface area contributed by atoms with Crippen LogP contribution in [-0.4, -0.2) is 43.2 Å². The van der Waals surface area contributed by atoms with Gasteiger partial charge >= 0.3 is 5.97 Å². The minimum Gasteiger partial charge on any atom is -0.478 e. The first-order valence-corrected chi connectivity index (χ1v) is 17.8. The molecule has 0 saturated heterocycles. The van der Waals surface area contributed by atoms with Crippen molar-refractivity contribution in [1.82, 2.24) is 24.6 Å². The number of hydrogen-bond acceptors (Lipinski definition) is 5. The summed E-state index contributed by atoms with van der Waals surface area (Å²) in [5.74, 6) is 2.44. The molecule has 4 aromatic rings. The lowest BCUT2D eigenvalue weighted by molar-refractivity contribution is 0.0537. The van der Waals surface area contributed by atoms with Crippen LogP contribution in [-0.2, 0) is 28.8 Å². The van der Waals surface area contributed by atoms with Crippen LogP contribution < -0.4 is 5.48 Å². The number of nitrogens with zero attached hydrogens (tertiary/aromatic N) is 4. The van der Waals surface area contributed by atoms with E-state index in [-0.39, 0.29) is 16.7 Å². The van der Waals surface area contributed by atoms with Crippen LogP contribution in [0.3, 0.4) is 0 Å². The molecule has 2 N–H and O–H groups in total. The van der Waals surface area contributed by atoms with Gasteiger partial charge in [0.05, 0.1) is 34.7 Å². The topological polar surface area (TPSA) is 111 Å². The fourth-order valence-electron chi connectivity index (χ4n) is 7.46. The van der Waals surface area contributed by atoms with Gasteiger partial charge in [-0.2, -0.15) is 0 Å². The number of hydroxylamine groups is 1. The molecule has 0 unspecified atom stereocenters. The molecule has 2 aromatic heterocycles. The first-order chi connectivity index (χ1) is 22.8. The second-order valence-corrected chi connectivity index (χ2v) is 15.9. The zero-order valence-electron chi connectivity index (χ0n) is 30.1. The second kappa shape index (κ2) is 14.8. The van der Waals surface area contributed by atoms with Crippen LogP contribution in [0.2, 0.25) is 0 Å². The zero-order chi connectivity index (χ0) is 34.6. The van der Waals surface area contributed by atoms with E-state index in [1.165, 1.54) is 71.3 Å². The number of carbonyl (C=O) groups excluding carboxylic acids is 1. The number of hydrogen-bond donors (Lipinski definition) is 2. The molecular formula is C39H55N5O4. The van der Waals surface area contributed by atoms with Crippen LogP contribution in [0.1, 0.15) is 138 Å². The van der Waals surface area contributed by atoms with Crippen molar-refractivity contribution < 1.29 is 19.5 Å². The lowest BCUT2D eigenvalue weighted by Crippen LogP contribution is -2.23. The third kappa shape index (κ3) is 8.28. The summed E-state index contributed by atoms with van der Waals surface area (Å²) in [5, 5.41) is 9.21. The minimum atomic E-state index is -0.897. The van der Waals surface area contributed by atoms with E-state index in [1.807, 2.05) is 24.3 Å². The molecule has 0 radical (unpaired) electrons. The predicted octanol–water partition coefficient (Wildman–Crippen LogP) is 8.82. The highest BCUT2D eigenvalue weighted by Crippen LogP contribution is 2.33. The van der Waals surface area contributed by atoms with Crippen LogP contribution in [0.15, 0.2) is 36.4 Å². The highest BCUT2D eigenvalue weighted by atomic mass is 16.6. The Kier molecular flexibility index (Phi) is 11.0. The Balaban J connectivity index is 0.000000188. The molecule has 9 nitrogen and oxygen atoms in total. The lowest BCUT2D eigenvalue weighted by atomic mass is 9.88. The number of benzene rings is 2. The molecule has 2 fully saturated rings. The van der Waals surface area contributed by atoms with E-state index in [4.69, 9.17) is 14.8 Å². The third-order valence-corrected chi connectivity index (χ3v) is 9.87. The van der Waals surface area contributed by atoms with E-state index in [9.17, 15) is 14.7 Å². The first kappa shape index (κ1) is 35.6. The van der Waals surface area contributed by atoms with Gasteiger partial charge in [-0.3, -0.25) is 9.63 Å². The van der Waals surface area contributed by atoms with Crippen molar-refractivity contribution in [3.63, 3.8) is 0 Å². The molecule has 9 heteroatoms. The molecule has 2 aromatic carbocycles. The van der Waals surface area contributed by atoms with Crippen LogP contribution >= 0.6 is 0 Å².